The van der Waals surface area contributed by atoms with Gasteiger partial charge in [0.15, 0.2) is 0 Å². The van der Waals surface area contributed by atoms with E-state index < -0.39 is 0 Å². The number of aryl methyl sites for hydroxylation is 1. The van der Waals surface area contributed by atoms with Gasteiger partial charge in [-0.1, -0.05) is 0 Å². The SMILES string of the molecule is Cc1ncc(N2C[C@H]3CN[C@H]3C2)cc1C#N. The molecule has 1 aromatic heterocycles. The van der Waals surface area contributed by atoms with Gasteiger partial charge >= 0.3 is 0 Å². The van der Waals surface area contributed by atoms with Crippen LogP contribution < -0.4 is 10.2 Å². The maximum Gasteiger partial charge on any atom is 0.101 e. The number of hydrogen-bond acceptors (Lipinski definition) is 4. The number of aromatic nitrogens is 1. The molecule has 4 nitrogen and oxygen atoms in total. The molecule has 0 radical (unpaired) electrons. The number of anilines is 1. The fourth-order valence-corrected chi connectivity index (χ4v) is 2.47. The van der Waals surface area contributed by atoms with Gasteiger partial charge < -0.3 is 10.2 Å². The van der Waals surface area contributed by atoms with Crippen LogP contribution in [0.3, 0.4) is 0 Å². The van der Waals surface area contributed by atoms with Gasteiger partial charge in [0, 0.05) is 31.6 Å². The fourth-order valence-electron chi connectivity index (χ4n) is 2.47. The Morgan fingerprint density at radius 3 is 3.00 bits per heavy atom. The first-order valence-electron chi connectivity index (χ1n) is 5.63. The summed E-state index contributed by atoms with van der Waals surface area (Å²) in [6, 6.07) is 4.79. The number of hydrogen-bond donors (Lipinski definition) is 1. The fraction of sp³-hybridized carbons (Fsp3) is 0.500. The van der Waals surface area contributed by atoms with Crippen LogP contribution in [-0.4, -0.2) is 30.7 Å². The molecule has 0 amide bonds. The van der Waals surface area contributed by atoms with E-state index in [-0.39, 0.29) is 0 Å². The van der Waals surface area contributed by atoms with Crippen molar-refractivity contribution in [3.8, 4) is 6.07 Å². The summed E-state index contributed by atoms with van der Waals surface area (Å²) >= 11 is 0. The molecule has 2 atom stereocenters. The maximum atomic E-state index is 8.98. The van der Waals surface area contributed by atoms with E-state index in [1.54, 1.807) is 0 Å². The highest BCUT2D eigenvalue weighted by atomic mass is 15.2. The van der Waals surface area contributed by atoms with E-state index in [2.05, 4.69) is 21.3 Å². The second-order valence-electron chi connectivity index (χ2n) is 4.62. The van der Waals surface area contributed by atoms with Crippen LogP contribution in [0.5, 0.6) is 0 Å². The third-order valence-corrected chi connectivity index (χ3v) is 3.64. The number of nitrogens with one attached hydrogen (secondary N) is 1. The topological polar surface area (TPSA) is 52.0 Å². The summed E-state index contributed by atoms with van der Waals surface area (Å²) in [6.07, 6.45) is 1.88. The van der Waals surface area contributed by atoms with E-state index in [9.17, 15) is 0 Å². The highest BCUT2D eigenvalue weighted by Gasteiger charge is 2.39. The van der Waals surface area contributed by atoms with Crippen LogP contribution in [0.25, 0.3) is 0 Å². The molecule has 1 N–H and O–H groups in total. The molecule has 4 heteroatoms. The molecule has 0 aromatic carbocycles. The Labute approximate surface area is 94.9 Å². The van der Waals surface area contributed by atoms with Crippen LogP contribution in [0.15, 0.2) is 12.3 Å². The van der Waals surface area contributed by atoms with Gasteiger partial charge in [0.1, 0.15) is 6.07 Å². The Morgan fingerprint density at radius 1 is 1.56 bits per heavy atom. The molecule has 0 aliphatic carbocycles. The van der Waals surface area contributed by atoms with Crippen molar-refractivity contribution in [3.63, 3.8) is 0 Å². The molecule has 82 valence electrons. The van der Waals surface area contributed by atoms with Crippen molar-refractivity contribution in [2.75, 3.05) is 24.5 Å². The predicted octanol–water partition coefficient (Wildman–Crippen LogP) is 0.670. The minimum atomic E-state index is 0.645. The predicted molar refractivity (Wildman–Crippen MR) is 61.2 cm³/mol. The second-order valence-corrected chi connectivity index (χ2v) is 4.62. The van der Waals surface area contributed by atoms with Gasteiger partial charge in [-0.15, -0.1) is 0 Å². The highest BCUT2D eigenvalue weighted by molar-refractivity contribution is 5.52. The van der Waals surface area contributed by atoms with E-state index in [4.69, 9.17) is 5.26 Å². The number of nitrogens with zero attached hydrogens (tertiary/aromatic N) is 3. The number of rotatable bonds is 1. The quantitative estimate of drug-likeness (QED) is 0.746. The maximum absolute atomic E-state index is 8.98. The molecule has 3 rings (SSSR count). The van der Waals surface area contributed by atoms with Gasteiger partial charge in [-0.25, -0.2) is 0 Å². The lowest BCUT2D eigenvalue weighted by molar-refractivity contribution is 0.297. The molecule has 2 saturated heterocycles. The molecule has 1 aromatic rings. The lowest BCUT2D eigenvalue weighted by Gasteiger charge is -2.29. The normalized spacial score (nSPS) is 27.1. The van der Waals surface area contributed by atoms with Gasteiger partial charge in [0.25, 0.3) is 0 Å². The van der Waals surface area contributed by atoms with Crippen LogP contribution in [0.4, 0.5) is 5.69 Å². The molecule has 2 fully saturated rings. The summed E-state index contributed by atoms with van der Waals surface area (Å²) in [6.45, 7) is 5.14. The van der Waals surface area contributed by atoms with Gasteiger partial charge in [-0.05, 0) is 13.0 Å². The van der Waals surface area contributed by atoms with Crippen molar-refractivity contribution in [1.29, 1.82) is 5.26 Å². The Bertz CT molecular complexity index is 451. The first-order chi connectivity index (χ1) is 7.78. The zero-order valence-corrected chi connectivity index (χ0v) is 9.27. The average Bonchev–Trinajstić information content (AvgIpc) is 2.56. The molecular weight excluding hydrogens is 200 g/mol. The summed E-state index contributed by atoms with van der Waals surface area (Å²) in [5.41, 5.74) is 2.58. The zero-order valence-electron chi connectivity index (χ0n) is 9.27. The lowest BCUT2D eigenvalue weighted by Crippen LogP contribution is -2.51. The largest absolute Gasteiger partial charge is 0.368 e. The van der Waals surface area contributed by atoms with Crippen LogP contribution in [0.1, 0.15) is 11.3 Å². The third-order valence-electron chi connectivity index (χ3n) is 3.64. The van der Waals surface area contributed by atoms with Crippen LogP contribution >= 0.6 is 0 Å². The Morgan fingerprint density at radius 2 is 2.44 bits per heavy atom. The minimum absolute atomic E-state index is 0.645. The van der Waals surface area contributed by atoms with Gasteiger partial charge in [0.05, 0.1) is 23.1 Å². The summed E-state index contributed by atoms with van der Waals surface area (Å²) in [5.74, 6) is 0.784. The van der Waals surface area contributed by atoms with Crippen LogP contribution in [0, 0.1) is 24.2 Å². The van der Waals surface area contributed by atoms with Gasteiger partial charge in [-0.2, -0.15) is 5.26 Å². The minimum Gasteiger partial charge on any atom is -0.368 e. The molecule has 0 saturated carbocycles. The summed E-state index contributed by atoms with van der Waals surface area (Å²) in [7, 11) is 0. The molecule has 2 aliphatic heterocycles. The Kier molecular flexibility index (Phi) is 2.08. The zero-order chi connectivity index (χ0) is 11.1. The van der Waals surface area contributed by atoms with Crippen molar-refractivity contribution >= 4 is 5.69 Å². The van der Waals surface area contributed by atoms with Crippen molar-refractivity contribution < 1.29 is 0 Å². The van der Waals surface area contributed by atoms with Gasteiger partial charge in [-0.3, -0.25) is 4.98 Å². The van der Waals surface area contributed by atoms with E-state index >= 15 is 0 Å². The van der Waals surface area contributed by atoms with E-state index in [1.807, 2.05) is 19.2 Å². The smallest absolute Gasteiger partial charge is 0.101 e. The van der Waals surface area contributed by atoms with E-state index in [0.29, 0.717) is 11.6 Å². The van der Waals surface area contributed by atoms with Crippen LogP contribution in [0.2, 0.25) is 0 Å². The Balaban J connectivity index is 1.87. The third kappa shape index (κ3) is 1.36. The molecule has 3 heterocycles. The van der Waals surface area contributed by atoms with Crippen LogP contribution in [-0.2, 0) is 0 Å². The summed E-state index contributed by atoms with van der Waals surface area (Å²) < 4.78 is 0. The summed E-state index contributed by atoms with van der Waals surface area (Å²) in [4.78, 5) is 6.60. The van der Waals surface area contributed by atoms with Gasteiger partial charge in [0.2, 0.25) is 0 Å². The Hall–Kier alpha value is -1.60. The molecule has 0 spiro atoms. The summed E-state index contributed by atoms with van der Waals surface area (Å²) in [5, 5.41) is 12.4. The molecule has 0 bridgehead atoms. The standard InChI is InChI=1S/C12H14N4/c1-8-9(3-13)2-11(5-14-8)16-6-10-4-15-12(10)7-16/h2,5,10,12,15H,4,6-7H2,1H3/t10-,12+/m1/s1. The number of nitriles is 1. The van der Waals surface area contributed by atoms with Crippen molar-refractivity contribution in [2.24, 2.45) is 5.92 Å². The highest BCUT2D eigenvalue weighted by Crippen LogP contribution is 2.28. The molecule has 16 heavy (non-hydrogen) atoms. The monoisotopic (exact) mass is 214 g/mol. The molecular formula is C12H14N4. The average molecular weight is 214 g/mol. The van der Waals surface area contributed by atoms with Crippen molar-refractivity contribution in [2.45, 2.75) is 13.0 Å². The van der Waals surface area contributed by atoms with Crippen molar-refractivity contribution in [1.82, 2.24) is 10.3 Å². The van der Waals surface area contributed by atoms with E-state index in [0.717, 1.165) is 36.9 Å². The first kappa shape index (κ1) is 9.61. The molecule has 2 aliphatic rings. The first-order valence-corrected chi connectivity index (χ1v) is 5.63. The number of pyridine rings is 1. The second kappa shape index (κ2) is 3.46. The lowest BCUT2D eigenvalue weighted by atomic mass is 9.96. The van der Waals surface area contributed by atoms with E-state index in [1.165, 1.54) is 0 Å². The number of fused-ring (bicyclic) bond motifs is 1. The van der Waals surface area contributed by atoms with Crippen molar-refractivity contribution in [3.05, 3.63) is 23.5 Å². The molecule has 0 unspecified atom stereocenters.